The van der Waals surface area contributed by atoms with Crippen LogP contribution in [0, 0.1) is 0 Å². The number of allylic oxidation sites excluding steroid dienone is 1. The van der Waals surface area contributed by atoms with Gasteiger partial charge in [-0.3, -0.25) is 4.79 Å². The van der Waals surface area contributed by atoms with E-state index in [0.29, 0.717) is 13.0 Å². The molecule has 1 heterocycles. The van der Waals surface area contributed by atoms with E-state index in [0.717, 1.165) is 24.8 Å². The van der Waals surface area contributed by atoms with Crippen LogP contribution in [-0.2, 0) is 9.59 Å². The van der Waals surface area contributed by atoms with Crippen LogP contribution < -0.4 is 0 Å². The van der Waals surface area contributed by atoms with Crippen LogP contribution in [0.5, 0.6) is 0 Å². The molecule has 1 aliphatic heterocycles. The van der Waals surface area contributed by atoms with Crippen molar-refractivity contribution in [2.45, 2.75) is 37.7 Å². The van der Waals surface area contributed by atoms with E-state index in [1.807, 2.05) is 0 Å². The van der Waals surface area contributed by atoms with Crippen molar-refractivity contribution in [3.8, 4) is 0 Å². The van der Waals surface area contributed by atoms with E-state index in [4.69, 9.17) is 5.11 Å². The first-order valence-corrected chi connectivity index (χ1v) is 5.95. The lowest BCUT2D eigenvalue weighted by atomic mass is 9.90. The molecule has 0 aromatic heterocycles. The van der Waals surface area contributed by atoms with Gasteiger partial charge in [-0.2, -0.15) is 0 Å². The lowest BCUT2D eigenvalue weighted by Gasteiger charge is -2.36. The molecule has 1 saturated heterocycles. The summed E-state index contributed by atoms with van der Waals surface area (Å²) in [6.07, 6.45) is 5.38. The summed E-state index contributed by atoms with van der Waals surface area (Å²) in [6.45, 7) is 0.420. The summed E-state index contributed by atoms with van der Waals surface area (Å²) in [5.74, 6) is -1.41. The fraction of sp³-hybridized carbons (Fsp3) is 0.667. The van der Waals surface area contributed by atoms with E-state index in [-0.39, 0.29) is 18.9 Å². The molecule has 0 aromatic carbocycles. The molecule has 2 rings (SSSR count). The van der Waals surface area contributed by atoms with Crippen LogP contribution in [0.4, 0.5) is 0 Å². The molecule has 5 nitrogen and oxygen atoms in total. The van der Waals surface area contributed by atoms with E-state index >= 15 is 0 Å². The van der Waals surface area contributed by atoms with Gasteiger partial charge in [0.15, 0.2) is 5.60 Å². The molecule has 5 heteroatoms. The third kappa shape index (κ3) is 2.49. The number of carboxylic acids is 1. The van der Waals surface area contributed by atoms with Gasteiger partial charge in [-0.15, -0.1) is 0 Å². The first-order valence-electron chi connectivity index (χ1n) is 5.95. The fourth-order valence-corrected chi connectivity index (χ4v) is 2.19. The predicted octanol–water partition coefficient (Wildman–Crippen LogP) is 0.535. The number of piperidine rings is 1. The van der Waals surface area contributed by atoms with Crippen LogP contribution in [0.1, 0.15) is 32.1 Å². The molecular formula is C12H17NO4. The number of likely N-dealkylation sites (tertiary alicyclic amines) is 1. The van der Waals surface area contributed by atoms with E-state index in [2.05, 4.69) is 0 Å². The van der Waals surface area contributed by atoms with Crippen LogP contribution in [0.15, 0.2) is 11.6 Å². The SMILES string of the molecule is O=C(C=C1CCC1)N1CCCC(O)(C(=O)O)C1. The van der Waals surface area contributed by atoms with Crippen LogP contribution in [-0.4, -0.2) is 45.7 Å². The highest BCUT2D eigenvalue weighted by atomic mass is 16.4. The van der Waals surface area contributed by atoms with Crippen LogP contribution >= 0.6 is 0 Å². The number of carboxylic acid groups (broad SMARTS) is 1. The summed E-state index contributed by atoms with van der Waals surface area (Å²) < 4.78 is 0. The molecule has 2 N–H and O–H groups in total. The lowest BCUT2D eigenvalue weighted by molar-refractivity contribution is -0.165. The van der Waals surface area contributed by atoms with Crippen molar-refractivity contribution >= 4 is 11.9 Å². The Labute approximate surface area is 99.7 Å². The number of nitrogens with zero attached hydrogens (tertiary/aromatic N) is 1. The summed E-state index contributed by atoms with van der Waals surface area (Å²) in [6, 6.07) is 0. The van der Waals surface area contributed by atoms with Gasteiger partial charge < -0.3 is 15.1 Å². The Hall–Kier alpha value is -1.36. The second-order valence-corrected chi connectivity index (χ2v) is 4.86. The van der Waals surface area contributed by atoms with E-state index in [1.165, 1.54) is 4.90 Å². The average molecular weight is 239 g/mol. The van der Waals surface area contributed by atoms with Crippen LogP contribution in [0.2, 0.25) is 0 Å². The third-order valence-corrected chi connectivity index (χ3v) is 3.50. The number of amides is 1. The standard InChI is InChI=1S/C12H17NO4/c14-10(7-9-3-1-4-9)13-6-2-5-12(17,8-13)11(15)16/h7,17H,1-6,8H2,(H,15,16). The molecule has 94 valence electrons. The number of hydrogen-bond acceptors (Lipinski definition) is 3. The largest absolute Gasteiger partial charge is 0.479 e. The second kappa shape index (κ2) is 4.49. The Morgan fingerprint density at radius 1 is 1.29 bits per heavy atom. The Balaban J connectivity index is 2.01. The zero-order valence-corrected chi connectivity index (χ0v) is 9.69. The summed E-state index contributed by atoms with van der Waals surface area (Å²) >= 11 is 0. The molecule has 1 saturated carbocycles. The molecule has 2 fully saturated rings. The highest BCUT2D eigenvalue weighted by molar-refractivity contribution is 5.89. The predicted molar refractivity (Wildman–Crippen MR) is 60.3 cm³/mol. The number of aliphatic carboxylic acids is 1. The van der Waals surface area contributed by atoms with Gasteiger partial charge in [0.05, 0.1) is 6.54 Å². The fourth-order valence-electron chi connectivity index (χ4n) is 2.19. The normalized spacial score (nSPS) is 28.5. The minimum Gasteiger partial charge on any atom is -0.479 e. The van der Waals surface area contributed by atoms with Gasteiger partial charge in [0.25, 0.3) is 0 Å². The Morgan fingerprint density at radius 3 is 2.53 bits per heavy atom. The van der Waals surface area contributed by atoms with E-state index in [1.54, 1.807) is 6.08 Å². The molecule has 2 aliphatic rings. The molecule has 17 heavy (non-hydrogen) atoms. The maximum atomic E-state index is 11.9. The number of hydrogen-bond donors (Lipinski definition) is 2. The number of rotatable bonds is 2. The van der Waals surface area contributed by atoms with Crippen molar-refractivity contribution in [2.24, 2.45) is 0 Å². The maximum Gasteiger partial charge on any atom is 0.337 e. The summed E-state index contributed by atoms with van der Waals surface area (Å²) in [5, 5.41) is 18.8. The highest BCUT2D eigenvalue weighted by Crippen LogP contribution is 2.26. The van der Waals surface area contributed by atoms with Gasteiger partial charge >= 0.3 is 5.97 Å². The smallest absolute Gasteiger partial charge is 0.337 e. The Morgan fingerprint density at radius 2 is 2.00 bits per heavy atom. The van der Waals surface area contributed by atoms with Gasteiger partial charge in [-0.1, -0.05) is 5.57 Å². The van der Waals surface area contributed by atoms with E-state index in [9.17, 15) is 14.7 Å². The first-order chi connectivity index (χ1) is 8.01. The van der Waals surface area contributed by atoms with Gasteiger partial charge in [0.1, 0.15) is 0 Å². The molecule has 0 radical (unpaired) electrons. The Kier molecular flexibility index (Phi) is 3.19. The molecule has 1 atom stereocenters. The summed E-state index contributed by atoms with van der Waals surface area (Å²) in [7, 11) is 0. The summed E-state index contributed by atoms with van der Waals surface area (Å²) in [5.41, 5.74) is -0.647. The minimum absolute atomic E-state index is 0.106. The number of aliphatic hydroxyl groups is 1. The zero-order chi connectivity index (χ0) is 12.5. The second-order valence-electron chi connectivity index (χ2n) is 4.86. The van der Waals surface area contributed by atoms with Crippen molar-refractivity contribution in [1.29, 1.82) is 0 Å². The zero-order valence-electron chi connectivity index (χ0n) is 9.69. The summed E-state index contributed by atoms with van der Waals surface area (Å²) in [4.78, 5) is 24.2. The topological polar surface area (TPSA) is 77.8 Å². The van der Waals surface area contributed by atoms with Gasteiger partial charge in [0, 0.05) is 12.6 Å². The van der Waals surface area contributed by atoms with Crippen molar-refractivity contribution < 1.29 is 19.8 Å². The third-order valence-electron chi connectivity index (χ3n) is 3.50. The molecule has 0 bridgehead atoms. The van der Waals surface area contributed by atoms with Crippen LogP contribution in [0.25, 0.3) is 0 Å². The number of β-amino-alcohol motifs (C(OH)–C–C–N with tert-alkyl or cyclic N) is 1. The van der Waals surface area contributed by atoms with E-state index < -0.39 is 11.6 Å². The number of carbonyl (C=O) groups excluding carboxylic acids is 1. The maximum absolute atomic E-state index is 11.9. The molecule has 1 amide bonds. The number of carbonyl (C=O) groups is 2. The van der Waals surface area contributed by atoms with Crippen molar-refractivity contribution in [2.75, 3.05) is 13.1 Å². The molecule has 0 spiro atoms. The molecular weight excluding hydrogens is 222 g/mol. The quantitative estimate of drug-likeness (QED) is 0.689. The van der Waals surface area contributed by atoms with Crippen molar-refractivity contribution in [1.82, 2.24) is 4.90 Å². The van der Waals surface area contributed by atoms with Crippen LogP contribution in [0.3, 0.4) is 0 Å². The van der Waals surface area contributed by atoms with Crippen molar-refractivity contribution in [3.63, 3.8) is 0 Å². The molecule has 1 aliphatic carbocycles. The molecule has 1 unspecified atom stereocenters. The van der Waals surface area contributed by atoms with Gasteiger partial charge in [-0.05, 0) is 32.1 Å². The Bertz CT molecular complexity index is 371. The highest BCUT2D eigenvalue weighted by Gasteiger charge is 2.41. The van der Waals surface area contributed by atoms with Gasteiger partial charge in [0.2, 0.25) is 5.91 Å². The average Bonchev–Trinajstić information content (AvgIpc) is 2.23. The lowest BCUT2D eigenvalue weighted by Crippen LogP contribution is -2.54. The monoisotopic (exact) mass is 239 g/mol. The minimum atomic E-state index is -1.77. The molecule has 0 aromatic rings. The van der Waals surface area contributed by atoms with Crippen molar-refractivity contribution in [3.05, 3.63) is 11.6 Å². The first kappa shape index (κ1) is 12.1. The van der Waals surface area contributed by atoms with Gasteiger partial charge in [-0.25, -0.2) is 4.79 Å².